The van der Waals surface area contributed by atoms with Gasteiger partial charge in [0, 0.05) is 6.92 Å². The second-order valence-corrected chi connectivity index (χ2v) is 3.61. The fourth-order valence-corrected chi connectivity index (χ4v) is 1.57. The third-order valence-electron chi connectivity index (χ3n) is 2.35. The van der Waals surface area contributed by atoms with Gasteiger partial charge in [-0.05, 0) is 0 Å². The molecule has 0 unspecified atom stereocenters. The van der Waals surface area contributed by atoms with Crippen molar-refractivity contribution in [1.82, 2.24) is 5.32 Å². The van der Waals surface area contributed by atoms with Crippen molar-refractivity contribution < 1.29 is 29.7 Å². The molecule has 0 aromatic heterocycles. The van der Waals surface area contributed by atoms with Crippen LogP contribution in [0.5, 0.6) is 0 Å². The highest BCUT2D eigenvalue weighted by Crippen LogP contribution is 2.19. The van der Waals surface area contributed by atoms with Gasteiger partial charge in [0.05, 0.1) is 6.61 Å². The molecule has 5 atom stereocenters. The van der Waals surface area contributed by atoms with Crippen molar-refractivity contribution in [2.45, 2.75) is 37.6 Å². The van der Waals surface area contributed by atoms with E-state index in [4.69, 9.17) is 10.6 Å². The normalized spacial score (nSPS) is 39.4. The number of nitrogens with two attached hydrogens (primary N) is 1. The number of ether oxygens (including phenoxy) is 1. The lowest BCUT2D eigenvalue weighted by Crippen LogP contribution is -2.64. The van der Waals surface area contributed by atoms with Gasteiger partial charge in [0.2, 0.25) is 5.91 Å². The van der Waals surface area contributed by atoms with Crippen molar-refractivity contribution in [3.05, 3.63) is 0 Å². The average Bonchev–Trinajstić information content (AvgIpc) is 2.21. The van der Waals surface area contributed by atoms with Crippen LogP contribution in [-0.2, 0) is 14.4 Å². The first-order valence-electron chi connectivity index (χ1n) is 4.75. The number of nitrogens with one attached hydrogen (secondary N) is 1. The van der Waals surface area contributed by atoms with Crippen LogP contribution in [-0.4, -0.2) is 58.5 Å². The number of amides is 1. The molecule has 8 nitrogen and oxygen atoms in total. The Morgan fingerprint density at radius 1 is 1.44 bits per heavy atom. The van der Waals surface area contributed by atoms with Gasteiger partial charge in [-0.15, -0.1) is 0 Å². The summed E-state index contributed by atoms with van der Waals surface area (Å²) in [4.78, 5) is 15.1. The standard InChI is InChI=1S/C8H16N2O6/c1-3(11)10-5-7(13)6(12)4(2-15-9)16-8(5)14/h4-8,12-14H,2,9H2,1H3,(H,10,11)/t4-,5-,6-,7-,8-/m1/s1. The highest BCUT2D eigenvalue weighted by Gasteiger charge is 2.44. The lowest BCUT2D eigenvalue weighted by atomic mass is 9.97. The monoisotopic (exact) mass is 236 g/mol. The van der Waals surface area contributed by atoms with Crippen molar-refractivity contribution in [3.63, 3.8) is 0 Å². The van der Waals surface area contributed by atoms with E-state index in [2.05, 4.69) is 10.2 Å². The zero-order chi connectivity index (χ0) is 12.3. The maximum absolute atomic E-state index is 10.8. The number of carbonyl (C=O) groups excluding carboxylic acids is 1. The van der Waals surface area contributed by atoms with E-state index >= 15 is 0 Å². The Balaban J connectivity index is 2.67. The van der Waals surface area contributed by atoms with Gasteiger partial charge in [-0.3, -0.25) is 4.79 Å². The molecule has 1 aliphatic heterocycles. The Bertz CT molecular complexity index is 251. The lowest BCUT2D eigenvalue weighted by molar-refractivity contribution is -0.257. The van der Waals surface area contributed by atoms with Crippen LogP contribution in [0, 0.1) is 0 Å². The Labute approximate surface area is 91.9 Å². The van der Waals surface area contributed by atoms with E-state index in [-0.39, 0.29) is 6.61 Å². The summed E-state index contributed by atoms with van der Waals surface area (Å²) < 4.78 is 4.95. The minimum Gasteiger partial charge on any atom is -0.388 e. The van der Waals surface area contributed by atoms with E-state index in [9.17, 15) is 20.1 Å². The topological polar surface area (TPSA) is 134 Å². The summed E-state index contributed by atoms with van der Waals surface area (Å²) in [6, 6.07) is -1.08. The largest absolute Gasteiger partial charge is 0.388 e. The molecule has 0 radical (unpaired) electrons. The molecule has 0 aliphatic carbocycles. The average molecular weight is 236 g/mol. The second kappa shape index (κ2) is 5.53. The summed E-state index contributed by atoms with van der Waals surface area (Å²) >= 11 is 0. The molecule has 16 heavy (non-hydrogen) atoms. The minimum absolute atomic E-state index is 0.178. The second-order valence-electron chi connectivity index (χ2n) is 3.61. The number of aliphatic hydroxyl groups is 3. The first-order valence-corrected chi connectivity index (χ1v) is 4.75. The van der Waals surface area contributed by atoms with Gasteiger partial charge in [-0.1, -0.05) is 0 Å². The molecular formula is C8H16N2O6. The molecule has 1 heterocycles. The van der Waals surface area contributed by atoms with Gasteiger partial charge in [0.15, 0.2) is 6.29 Å². The van der Waals surface area contributed by atoms with Crippen LogP contribution in [0.1, 0.15) is 6.92 Å². The van der Waals surface area contributed by atoms with E-state index in [0.717, 1.165) is 0 Å². The number of hydrogen-bond acceptors (Lipinski definition) is 7. The number of carbonyl (C=O) groups is 1. The van der Waals surface area contributed by atoms with Gasteiger partial charge in [0.25, 0.3) is 0 Å². The summed E-state index contributed by atoms with van der Waals surface area (Å²) in [6.45, 7) is 1.04. The maximum Gasteiger partial charge on any atom is 0.217 e. The Hall–Kier alpha value is -0.770. The number of aliphatic hydroxyl groups excluding tert-OH is 3. The maximum atomic E-state index is 10.8. The predicted molar refractivity (Wildman–Crippen MR) is 50.6 cm³/mol. The molecule has 0 saturated carbocycles. The van der Waals surface area contributed by atoms with Crippen LogP contribution in [0.3, 0.4) is 0 Å². The van der Waals surface area contributed by atoms with Crippen LogP contribution in [0.15, 0.2) is 0 Å². The summed E-state index contributed by atoms with van der Waals surface area (Å²) in [7, 11) is 0. The van der Waals surface area contributed by atoms with Crippen molar-refractivity contribution in [1.29, 1.82) is 0 Å². The van der Waals surface area contributed by atoms with Crippen molar-refractivity contribution in [3.8, 4) is 0 Å². The first kappa shape index (κ1) is 13.3. The summed E-state index contributed by atoms with van der Waals surface area (Å²) in [5.41, 5.74) is 0. The summed E-state index contributed by atoms with van der Waals surface area (Å²) in [5, 5.41) is 31.0. The van der Waals surface area contributed by atoms with Crippen LogP contribution in [0.4, 0.5) is 0 Å². The molecule has 0 bridgehead atoms. The molecule has 94 valence electrons. The molecule has 1 amide bonds. The van der Waals surface area contributed by atoms with Crippen LogP contribution in [0.2, 0.25) is 0 Å². The SMILES string of the molecule is CC(=O)N[C@@H]1[C@@H](O)[C@H](O)[C@@H](CON)O[C@H]1O. The highest BCUT2D eigenvalue weighted by atomic mass is 16.7. The molecular weight excluding hydrogens is 220 g/mol. The molecule has 1 saturated heterocycles. The molecule has 1 rings (SSSR count). The molecule has 8 heteroatoms. The smallest absolute Gasteiger partial charge is 0.217 e. The van der Waals surface area contributed by atoms with Crippen LogP contribution in [0.25, 0.3) is 0 Å². The quantitative estimate of drug-likeness (QED) is 0.326. The van der Waals surface area contributed by atoms with Crippen molar-refractivity contribution in [2.75, 3.05) is 6.61 Å². The van der Waals surface area contributed by atoms with E-state index in [0.29, 0.717) is 0 Å². The van der Waals surface area contributed by atoms with Gasteiger partial charge in [-0.2, -0.15) is 0 Å². The van der Waals surface area contributed by atoms with Gasteiger partial charge < -0.3 is 30.2 Å². The molecule has 6 N–H and O–H groups in total. The molecule has 0 aromatic rings. The molecule has 1 fully saturated rings. The Kier molecular flexibility index (Phi) is 4.59. The lowest BCUT2D eigenvalue weighted by Gasteiger charge is -2.40. The van der Waals surface area contributed by atoms with Gasteiger partial charge in [-0.25, -0.2) is 5.90 Å². The first-order chi connectivity index (χ1) is 7.47. The van der Waals surface area contributed by atoms with E-state index < -0.39 is 36.6 Å². The number of rotatable bonds is 3. The van der Waals surface area contributed by atoms with Gasteiger partial charge >= 0.3 is 0 Å². The van der Waals surface area contributed by atoms with Crippen molar-refractivity contribution >= 4 is 5.91 Å². The zero-order valence-corrected chi connectivity index (χ0v) is 8.74. The molecule has 0 spiro atoms. The number of hydrogen-bond donors (Lipinski definition) is 5. The van der Waals surface area contributed by atoms with Crippen LogP contribution < -0.4 is 11.2 Å². The molecule has 0 aromatic carbocycles. The predicted octanol–water partition coefficient (Wildman–Crippen LogP) is -3.18. The Morgan fingerprint density at radius 3 is 2.56 bits per heavy atom. The van der Waals surface area contributed by atoms with E-state index in [1.54, 1.807) is 0 Å². The fraction of sp³-hybridized carbons (Fsp3) is 0.875. The third kappa shape index (κ3) is 2.88. The minimum atomic E-state index is -1.43. The molecule has 1 aliphatic rings. The van der Waals surface area contributed by atoms with E-state index in [1.807, 2.05) is 0 Å². The fourth-order valence-electron chi connectivity index (χ4n) is 1.57. The van der Waals surface area contributed by atoms with Crippen LogP contribution >= 0.6 is 0 Å². The van der Waals surface area contributed by atoms with Gasteiger partial charge in [0.1, 0.15) is 24.4 Å². The summed E-state index contributed by atoms with van der Waals surface area (Å²) in [5.74, 6) is 4.35. The zero-order valence-electron chi connectivity index (χ0n) is 8.74. The third-order valence-corrected chi connectivity index (χ3v) is 2.35. The summed E-state index contributed by atoms with van der Waals surface area (Å²) in [6.07, 6.45) is -5.03. The van der Waals surface area contributed by atoms with E-state index in [1.165, 1.54) is 6.92 Å². The van der Waals surface area contributed by atoms with Crippen molar-refractivity contribution in [2.24, 2.45) is 5.90 Å². The highest BCUT2D eigenvalue weighted by molar-refractivity contribution is 5.73. The Morgan fingerprint density at radius 2 is 2.06 bits per heavy atom.